The smallest absolute Gasteiger partial charge is 0.248 e. The minimum absolute atomic E-state index is 0.0189. The normalized spacial score (nSPS) is 29.0. The third kappa shape index (κ3) is 4.80. The molecule has 32 heavy (non-hydrogen) atoms. The van der Waals surface area contributed by atoms with Gasteiger partial charge < -0.3 is 15.3 Å². The van der Waals surface area contributed by atoms with Crippen LogP contribution in [0.15, 0.2) is 6.20 Å². The summed E-state index contributed by atoms with van der Waals surface area (Å²) in [7, 11) is 0. The van der Waals surface area contributed by atoms with E-state index in [2.05, 4.69) is 21.7 Å². The van der Waals surface area contributed by atoms with Gasteiger partial charge in [0.15, 0.2) is 0 Å². The number of hydrogen-bond acceptors (Lipinski definition) is 6. The highest BCUT2D eigenvalue weighted by Crippen LogP contribution is 2.40. The molecule has 1 aliphatic heterocycles. The predicted octanol–water partition coefficient (Wildman–Crippen LogP) is 1.90. The molecule has 5 atom stereocenters. The van der Waals surface area contributed by atoms with Gasteiger partial charge in [0.25, 0.3) is 0 Å². The van der Waals surface area contributed by atoms with Gasteiger partial charge in [-0.3, -0.25) is 9.59 Å². The van der Waals surface area contributed by atoms with Crippen LogP contribution in [0.25, 0.3) is 0 Å². The van der Waals surface area contributed by atoms with Gasteiger partial charge in [0, 0.05) is 37.5 Å². The summed E-state index contributed by atoms with van der Waals surface area (Å²) in [6, 6.07) is 0.907. The lowest BCUT2D eigenvalue weighted by Gasteiger charge is -2.34. The van der Waals surface area contributed by atoms with E-state index in [1.807, 2.05) is 27.0 Å². The Kier molecular flexibility index (Phi) is 6.26. The summed E-state index contributed by atoms with van der Waals surface area (Å²) in [5, 5.41) is 30.9. The molecule has 3 fully saturated rings. The standard InChI is InChI=1S/C23H34N6O3/c1-23(2,3)20(29-13-18(26-27-29)15-5-6-15)22(32)28-12-17(30)11-19(28)21(31)25-16-7-4-14(10-16)8-9-24/h13-17,19-20,30H,4-8,10-12H2,1-3H3,(H,25,31)/t14-,16-,17-,19+,20-/m1/s1. The molecule has 174 valence electrons. The van der Waals surface area contributed by atoms with Gasteiger partial charge in [0.2, 0.25) is 11.8 Å². The molecular weight excluding hydrogens is 408 g/mol. The van der Waals surface area contributed by atoms with Crippen LogP contribution < -0.4 is 5.32 Å². The van der Waals surface area contributed by atoms with Gasteiger partial charge in [-0.2, -0.15) is 5.26 Å². The first kappa shape index (κ1) is 22.7. The Morgan fingerprint density at radius 3 is 2.69 bits per heavy atom. The first-order valence-corrected chi connectivity index (χ1v) is 11.7. The zero-order chi connectivity index (χ0) is 23.0. The number of carbonyl (C=O) groups is 2. The van der Waals surface area contributed by atoms with E-state index < -0.39 is 23.6 Å². The van der Waals surface area contributed by atoms with Gasteiger partial charge in [0.05, 0.1) is 17.9 Å². The Labute approximate surface area is 189 Å². The van der Waals surface area contributed by atoms with Gasteiger partial charge in [-0.1, -0.05) is 26.0 Å². The Morgan fingerprint density at radius 1 is 1.28 bits per heavy atom. The van der Waals surface area contributed by atoms with Gasteiger partial charge >= 0.3 is 0 Å². The molecule has 3 aliphatic rings. The molecular formula is C23H34N6O3. The Morgan fingerprint density at radius 2 is 2.03 bits per heavy atom. The van der Waals surface area contributed by atoms with Crippen molar-refractivity contribution in [3.63, 3.8) is 0 Å². The molecule has 1 aromatic heterocycles. The van der Waals surface area contributed by atoms with E-state index in [0.717, 1.165) is 37.8 Å². The van der Waals surface area contributed by atoms with Crippen LogP contribution in [0.3, 0.4) is 0 Å². The molecule has 0 spiro atoms. The van der Waals surface area contributed by atoms with Crippen LogP contribution in [-0.2, 0) is 9.59 Å². The number of nitrogens with zero attached hydrogens (tertiary/aromatic N) is 5. The SMILES string of the molecule is CC(C)(C)[C@@H](C(=O)N1C[C@H](O)C[C@H]1C(=O)N[C@@H]1CC[C@H](CC#N)C1)n1cc(C2CC2)nn1. The summed E-state index contributed by atoms with van der Waals surface area (Å²) in [6.45, 7) is 6.06. The highest BCUT2D eigenvalue weighted by Gasteiger charge is 2.46. The molecule has 9 nitrogen and oxygen atoms in total. The summed E-state index contributed by atoms with van der Waals surface area (Å²) in [5.41, 5.74) is 0.465. The summed E-state index contributed by atoms with van der Waals surface area (Å²) in [5.74, 6) is 0.316. The molecule has 0 bridgehead atoms. The van der Waals surface area contributed by atoms with E-state index in [4.69, 9.17) is 5.26 Å². The largest absolute Gasteiger partial charge is 0.391 e. The minimum atomic E-state index is -0.733. The number of rotatable bonds is 6. The number of likely N-dealkylation sites (tertiary alicyclic amines) is 1. The lowest BCUT2D eigenvalue weighted by molar-refractivity contribution is -0.144. The molecule has 0 aromatic carbocycles. The molecule has 4 rings (SSSR count). The highest BCUT2D eigenvalue weighted by atomic mass is 16.3. The van der Waals surface area contributed by atoms with Crippen molar-refractivity contribution in [3.8, 4) is 6.07 Å². The Bertz CT molecular complexity index is 896. The second-order valence-corrected chi connectivity index (χ2v) is 10.8. The number of β-amino-alcohol motifs (C(OH)–C–C–N with tert-alkyl or cyclic N) is 1. The van der Waals surface area contributed by atoms with Crippen LogP contribution in [0, 0.1) is 22.7 Å². The van der Waals surface area contributed by atoms with E-state index in [-0.39, 0.29) is 30.8 Å². The van der Waals surface area contributed by atoms with Gasteiger partial charge in [0.1, 0.15) is 12.1 Å². The zero-order valence-electron chi connectivity index (χ0n) is 19.2. The third-order valence-corrected chi connectivity index (χ3v) is 6.97. The Balaban J connectivity index is 1.49. The molecule has 1 aromatic rings. The van der Waals surface area contributed by atoms with Crippen molar-refractivity contribution < 1.29 is 14.7 Å². The molecule has 0 radical (unpaired) electrons. The van der Waals surface area contributed by atoms with Crippen molar-refractivity contribution in [1.82, 2.24) is 25.2 Å². The third-order valence-electron chi connectivity index (χ3n) is 6.97. The van der Waals surface area contributed by atoms with Crippen molar-refractivity contribution in [2.45, 2.75) is 95.9 Å². The number of aliphatic hydroxyl groups is 1. The first-order chi connectivity index (χ1) is 15.2. The van der Waals surface area contributed by atoms with Crippen LogP contribution in [0.5, 0.6) is 0 Å². The molecule has 0 unspecified atom stereocenters. The molecule has 9 heteroatoms. The summed E-state index contributed by atoms with van der Waals surface area (Å²) >= 11 is 0. The van der Waals surface area contributed by atoms with Crippen molar-refractivity contribution in [3.05, 3.63) is 11.9 Å². The van der Waals surface area contributed by atoms with Crippen molar-refractivity contribution in [2.24, 2.45) is 11.3 Å². The van der Waals surface area contributed by atoms with Gasteiger partial charge in [-0.15, -0.1) is 5.10 Å². The molecule has 2 amide bonds. The van der Waals surface area contributed by atoms with E-state index in [1.165, 1.54) is 4.90 Å². The monoisotopic (exact) mass is 442 g/mol. The topological polar surface area (TPSA) is 124 Å². The minimum Gasteiger partial charge on any atom is -0.391 e. The maximum atomic E-state index is 13.7. The second-order valence-electron chi connectivity index (χ2n) is 10.8. The molecule has 1 saturated heterocycles. The quantitative estimate of drug-likeness (QED) is 0.693. The maximum Gasteiger partial charge on any atom is 0.248 e. The van der Waals surface area contributed by atoms with E-state index >= 15 is 0 Å². The van der Waals surface area contributed by atoms with Crippen LogP contribution in [-0.4, -0.2) is 61.5 Å². The summed E-state index contributed by atoms with van der Waals surface area (Å²) < 4.78 is 1.64. The first-order valence-electron chi connectivity index (χ1n) is 11.7. The molecule has 2 aliphatic carbocycles. The fourth-order valence-electron chi connectivity index (χ4n) is 5.14. The number of aliphatic hydroxyl groups excluding tert-OH is 1. The molecule has 2 N–H and O–H groups in total. The van der Waals surface area contributed by atoms with E-state index in [0.29, 0.717) is 18.3 Å². The zero-order valence-corrected chi connectivity index (χ0v) is 19.2. The lowest BCUT2D eigenvalue weighted by Crippen LogP contribution is -2.51. The van der Waals surface area contributed by atoms with Crippen molar-refractivity contribution >= 4 is 11.8 Å². The summed E-state index contributed by atoms with van der Waals surface area (Å²) in [4.78, 5) is 28.4. The average molecular weight is 443 g/mol. The number of nitriles is 1. The fourth-order valence-corrected chi connectivity index (χ4v) is 5.14. The molecule has 2 heterocycles. The molecule has 2 saturated carbocycles. The number of aromatic nitrogens is 3. The maximum absolute atomic E-state index is 13.7. The second kappa shape index (κ2) is 8.81. The average Bonchev–Trinajstić information content (AvgIpc) is 3.08. The van der Waals surface area contributed by atoms with Crippen molar-refractivity contribution in [1.29, 1.82) is 5.26 Å². The number of hydrogen-bond donors (Lipinski definition) is 2. The van der Waals surface area contributed by atoms with E-state index in [1.54, 1.807) is 4.68 Å². The number of nitrogens with one attached hydrogen (secondary N) is 1. The van der Waals surface area contributed by atoms with Crippen LogP contribution in [0.2, 0.25) is 0 Å². The summed E-state index contributed by atoms with van der Waals surface area (Å²) in [6.07, 6.45) is 6.62. The van der Waals surface area contributed by atoms with E-state index in [9.17, 15) is 14.7 Å². The lowest BCUT2D eigenvalue weighted by atomic mass is 9.85. The van der Waals surface area contributed by atoms with Crippen molar-refractivity contribution in [2.75, 3.05) is 6.54 Å². The van der Waals surface area contributed by atoms with Crippen LogP contribution in [0.4, 0.5) is 0 Å². The Hall–Kier alpha value is -2.47. The van der Waals surface area contributed by atoms with Gasteiger partial charge in [-0.05, 0) is 43.4 Å². The van der Waals surface area contributed by atoms with Gasteiger partial charge in [-0.25, -0.2) is 4.68 Å². The predicted molar refractivity (Wildman–Crippen MR) is 116 cm³/mol. The number of amides is 2. The fraction of sp³-hybridized carbons (Fsp3) is 0.783. The van der Waals surface area contributed by atoms with Crippen LogP contribution >= 0.6 is 0 Å². The van der Waals surface area contributed by atoms with Crippen LogP contribution in [0.1, 0.15) is 83.4 Å². The number of carbonyl (C=O) groups excluding carboxylic acids is 2. The highest BCUT2D eigenvalue weighted by molar-refractivity contribution is 5.90.